The van der Waals surface area contributed by atoms with Crippen LogP contribution in [0, 0.1) is 0 Å². The molecule has 4 nitrogen and oxygen atoms in total. The van der Waals surface area contributed by atoms with Gasteiger partial charge in [-0.2, -0.15) is 0 Å². The fraction of sp³-hybridized carbons (Fsp3) is 0.250. The molecular formula is C20H22IMgN2O2+. The van der Waals surface area contributed by atoms with Gasteiger partial charge < -0.3 is 38.4 Å². The van der Waals surface area contributed by atoms with E-state index in [0.29, 0.717) is 13.0 Å². The summed E-state index contributed by atoms with van der Waals surface area (Å²) < 4.78 is 9.03. The average molecular weight is 474 g/mol. The Morgan fingerprint density at radius 3 is 2.46 bits per heavy atom. The number of hydrogen-bond acceptors (Lipinski definition) is 2. The molecule has 0 saturated heterocycles. The average Bonchev–Trinajstić information content (AvgIpc) is 2.85. The van der Waals surface area contributed by atoms with E-state index in [1.807, 2.05) is 64.7 Å². The van der Waals surface area contributed by atoms with Gasteiger partial charge in [-0.1, -0.05) is 30.3 Å². The van der Waals surface area contributed by atoms with E-state index in [2.05, 4.69) is 6.72 Å². The van der Waals surface area contributed by atoms with Crippen molar-refractivity contribution in [2.45, 2.75) is 13.0 Å². The van der Waals surface area contributed by atoms with Crippen LogP contribution < -0.4 is 33.8 Å². The van der Waals surface area contributed by atoms with Gasteiger partial charge in [0.1, 0.15) is 26.1 Å². The maximum Gasteiger partial charge on any atom is 2.00 e. The minimum absolute atomic E-state index is 0. The first kappa shape index (κ1) is 22.8. The van der Waals surface area contributed by atoms with Crippen molar-refractivity contribution in [2.24, 2.45) is 0 Å². The Kier molecular flexibility index (Phi) is 8.92. The molecule has 0 atom stereocenters. The van der Waals surface area contributed by atoms with Crippen molar-refractivity contribution >= 4 is 40.7 Å². The van der Waals surface area contributed by atoms with Gasteiger partial charge in [0.25, 0.3) is 0 Å². The largest absolute Gasteiger partial charge is 2.00 e. The van der Waals surface area contributed by atoms with Gasteiger partial charge in [0, 0.05) is 23.9 Å². The first-order chi connectivity index (χ1) is 11.6. The summed E-state index contributed by atoms with van der Waals surface area (Å²) in [4.78, 5) is 0. The van der Waals surface area contributed by atoms with E-state index in [0.717, 1.165) is 34.3 Å². The molecule has 132 valence electrons. The van der Waals surface area contributed by atoms with E-state index in [4.69, 9.17) is 4.74 Å². The van der Waals surface area contributed by atoms with E-state index >= 15 is 0 Å². The zero-order valence-corrected chi connectivity index (χ0v) is 18.8. The third kappa shape index (κ3) is 4.92. The molecule has 0 amide bonds. The number of fused-ring (bicyclic) bond motifs is 1. The van der Waals surface area contributed by atoms with Crippen LogP contribution in [0.3, 0.4) is 0 Å². The molecule has 26 heavy (non-hydrogen) atoms. The quantitative estimate of drug-likeness (QED) is 0.205. The van der Waals surface area contributed by atoms with Crippen molar-refractivity contribution in [3.05, 3.63) is 59.7 Å². The summed E-state index contributed by atoms with van der Waals surface area (Å²) in [5, 5.41) is 14.0. The molecule has 0 aliphatic rings. The molecule has 0 fully saturated rings. The second kappa shape index (κ2) is 10.2. The molecule has 0 saturated carbocycles. The smallest absolute Gasteiger partial charge is 1.00 e. The SMILES string of the molecule is C=[N+](C)CCc1c([O-])n(Cc2ccccc2)c2ccc(OC)cc12.[I-].[Mg+2]. The zero-order chi connectivity index (χ0) is 17.1. The van der Waals surface area contributed by atoms with Crippen molar-refractivity contribution in [1.82, 2.24) is 4.57 Å². The van der Waals surface area contributed by atoms with Crippen LogP contribution in [-0.2, 0) is 13.0 Å². The molecule has 3 aromatic rings. The number of likely N-dealkylation sites (N-methyl/N-ethyl adjacent to an activating group) is 1. The predicted octanol–water partition coefficient (Wildman–Crippen LogP) is -0.720. The summed E-state index contributed by atoms with van der Waals surface area (Å²) in [6, 6.07) is 15.9. The summed E-state index contributed by atoms with van der Waals surface area (Å²) in [7, 11) is 3.55. The van der Waals surface area contributed by atoms with Crippen molar-refractivity contribution < 1.29 is 38.4 Å². The third-order valence-electron chi connectivity index (χ3n) is 4.25. The minimum Gasteiger partial charge on any atom is -1.00 e. The van der Waals surface area contributed by atoms with Crippen LogP contribution in [0.5, 0.6) is 11.6 Å². The molecule has 0 aliphatic carbocycles. The van der Waals surface area contributed by atoms with Crippen LogP contribution in [0.25, 0.3) is 10.9 Å². The molecule has 0 unspecified atom stereocenters. The third-order valence-corrected chi connectivity index (χ3v) is 4.25. The first-order valence-electron chi connectivity index (χ1n) is 8.02. The standard InChI is InChI=1S/C20H22N2O2.HI.Mg/c1-21(2)12-11-17-18-13-16(24-3)9-10-19(18)22(20(17)23)14-15-7-5-4-6-8-15;;/h4-10,13H,1,11-12,14H2,2-3H3;1H;/q;;+2/p-1. The van der Waals surface area contributed by atoms with Gasteiger partial charge in [0.05, 0.1) is 7.11 Å². The molecule has 1 aromatic heterocycles. The Hall–Kier alpha value is -1.25. The van der Waals surface area contributed by atoms with Crippen molar-refractivity contribution in [1.29, 1.82) is 0 Å². The maximum absolute atomic E-state index is 13.0. The molecule has 6 heteroatoms. The van der Waals surface area contributed by atoms with Crippen molar-refractivity contribution in [3.8, 4) is 11.6 Å². The van der Waals surface area contributed by atoms with Gasteiger partial charge in [-0.05, 0) is 35.2 Å². The molecule has 0 N–H and O–H groups in total. The number of hydrogen-bond donors (Lipinski definition) is 0. The van der Waals surface area contributed by atoms with Crippen LogP contribution in [0.15, 0.2) is 48.5 Å². The molecular weight excluding hydrogens is 451 g/mol. The fourth-order valence-electron chi connectivity index (χ4n) is 2.97. The monoisotopic (exact) mass is 473 g/mol. The van der Waals surface area contributed by atoms with Crippen LogP contribution in [0.2, 0.25) is 0 Å². The predicted molar refractivity (Wildman–Crippen MR) is 101 cm³/mol. The summed E-state index contributed by atoms with van der Waals surface area (Å²) in [5.74, 6) is 0.840. The van der Waals surface area contributed by atoms with E-state index in [-0.39, 0.29) is 52.9 Å². The Morgan fingerprint density at radius 2 is 1.85 bits per heavy atom. The van der Waals surface area contributed by atoms with Crippen molar-refractivity contribution in [3.63, 3.8) is 0 Å². The van der Waals surface area contributed by atoms with Gasteiger partial charge in [0.2, 0.25) is 0 Å². The zero-order valence-electron chi connectivity index (χ0n) is 15.2. The maximum atomic E-state index is 13.0. The van der Waals surface area contributed by atoms with Crippen LogP contribution in [0.1, 0.15) is 11.1 Å². The van der Waals surface area contributed by atoms with Crippen LogP contribution in [0.4, 0.5) is 0 Å². The summed E-state index contributed by atoms with van der Waals surface area (Å²) >= 11 is 0. The number of benzene rings is 2. The molecule has 3 rings (SSSR count). The summed E-state index contributed by atoms with van der Waals surface area (Å²) in [5.41, 5.74) is 2.89. The second-order valence-electron chi connectivity index (χ2n) is 6.07. The molecule has 2 aromatic carbocycles. The van der Waals surface area contributed by atoms with Gasteiger partial charge in [0.15, 0.2) is 0 Å². The molecule has 1 heterocycles. The van der Waals surface area contributed by atoms with E-state index in [9.17, 15) is 5.11 Å². The molecule has 0 bridgehead atoms. The summed E-state index contributed by atoms with van der Waals surface area (Å²) in [6.07, 6.45) is 0.671. The number of aromatic nitrogens is 1. The Bertz CT molecular complexity index is 878. The molecule has 0 spiro atoms. The fourth-order valence-corrected chi connectivity index (χ4v) is 2.97. The van der Waals surface area contributed by atoms with Crippen LogP contribution in [-0.4, -0.2) is 59.6 Å². The topological polar surface area (TPSA) is 40.2 Å². The van der Waals surface area contributed by atoms with E-state index < -0.39 is 0 Å². The van der Waals surface area contributed by atoms with Gasteiger partial charge in [-0.3, -0.25) is 0 Å². The van der Waals surface area contributed by atoms with Crippen LogP contribution >= 0.6 is 0 Å². The Labute approximate surface area is 187 Å². The second-order valence-corrected chi connectivity index (χ2v) is 6.07. The minimum atomic E-state index is 0. The molecule has 0 aliphatic heterocycles. The molecule has 0 radical (unpaired) electrons. The van der Waals surface area contributed by atoms with E-state index in [1.165, 1.54) is 0 Å². The number of methoxy groups -OCH3 is 1. The normalized spacial score (nSPS) is 10.1. The Balaban J connectivity index is 0.00000169. The van der Waals surface area contributed by atoms with Gasteiger partial charge >= 0.3 is 23.1 Å². The van der Waals surface area contributed by atoms with Gasteiger partial charge in [-0.15, -0.1) is 0 Å². The number of halogens is 1. The number of ether oxygens (including phenoxy) is 1. The van der Waals surface area contributed by atoms with E-state index in [1.54, 1.807) is 7.11 Å². The van der Waals surface area contributed by atoms with Crippen molar-refractivity contribution in [2.75, 3.05) is 20.7 Å². The first-order valence-corrected chi connectivity index (χ1v) is 8.02. The number of rotatable bonds is 6. The van der Waals surface area contributed by atoms with Gasteiger partial charge in [-0.25, -0.2) is 4.58 Å². The summed E-state index contributed by atoms with van der Waals surface area (Å²) in [6.45, 7) is 5.18. The number of nitrogens with zero attached hydrogens (tertiary/aromatic N) is 2. The Morgan fingerprint density at radius 1 is 1.15 bits per heavy atom.